The van der Waals surface area contributed by atoms with Gasteiger partial charge in [-0.3, -0.25) is 9.59 Å². The molecular formula is C67H125NO5. The lowest BCUT2D eigenvalue weighted by Crippen LogP contribution is -2.45. The van der Waals surface area contributed by atoms with Crippen LogP contribution < -0.4 is 5.32 Å². The van der Waals surface area contributed by atoms with Crippen LogP contribution in [0, 0.1) is 0 Å². The van der Waals surface area contributed by atoms with Gasteiger partial charge in [0.05, 0.1) is 25.4 Å². The molecule has 0 fully saturated rings. The second-order valence-corrected chi connectivity index (χ2v) is 22.1. The normalized spacial score (nSPS) is 12.9. The lowest BCUT2D eigenvalue weighted by Gasteiger charge is -2.20. The number of esters is 1. The molecule has 6 nitrogen and oxygen atoms in total. The van der Waals surface area contributed by atoms with E-state index < -0.39 is 12.1 Å². The van der Waals surface area contributed by atoms with Crippen LogP contribution >= 0.6 is 0 Å². The van der Waals surface area contributed by atoms with Crippen molar-refractivity contribution in [1.82, 2.24) is 5.32 Å². The third kappa shape index (κ3) is 58.9. The number of ether oxygens (including phenoxy) is 1. The van der Waals surface area contributed by atoms with Crippen LogP contribution in [0.15, 0.2) is 48.6 Å². The molecule has 0 radical (unpaired) electrons. The van der Waals surface area contributed by atoms with E-state index >= 15 is 0 Å². The molecule has 428 valence electrons. The molecule has 2 unspecified atom stereocenters. The summed E-state index contributed by atoms with van der Waals surface area (Å²) < 4.78 is 5.47. The number of aliphatic hydroxyl groups excluding tert-OH is 2. The maximum absolute atomic E-state index is 12.5. The average molecular weight is 1020 g/mol. The van der Waals surface area contributed by atoms with E-state index in [0.717, 1.165) is 77.0 Å². The Morgan fingerprint density at radius 3 is 1.05 bits per heavy atom. The fraction of sp³-hybridized carbons (Fsp3) is 0.851. The monoisotopic (exact) mass is 1020 g/mol. The first-order valence-corrected chi connectivity index (χ1v) is 32.4. The van der Waals surface area contributed by atoms with Crippen LogP contribution in [0.4, 0.5) is 0 Å². The van der Waals surface area contributed by atoms with Gasteiger partial charge in [-0.05, 0) is 89.9 Å². The average Bonchev–Trinajstić information content (AvgIpc) is 3.39. The second kappa shape index (κ2) is 62.4. The van der Waals surface area contributed by atoms with Gasteiger partial charge in [0, 0.05) is 12.8 Å². The summed E-state index contributed by atoms with van der Waals surface area (Å²) >= 11 is 0. The first-order chi connectivity index (χ1) is 36.0. The Hall–Kier alpha value is -2.18. The zero-order valence-corrected chi connectivity index (χ0v) is 48.9. The summed E-state index contributed by atoms with van der Waals surface area (Å²) in [5.41, 5.74) is 0. The minimum absolute atomic E-state index is 0.0174. The van der Waals surface area contributed by atoms with E-state index in [1.165, 1.54) is 238 Å². The Morgan fingerprint density at radius 1 is 0.384 bits per heavy atom. The molecule has 0 saturated carbocycles. The molecule has 0 aromatic heterocycles. The van der Waals surface area contributed by atoms with Crippen LogP contribution in [0.3, 0.4) is 0 Å². The smallest absolute Gasteiger partial charge is 0.305 e. The van der Waals surface area contributed by atoms with Gasteiger partial charge < -0.3 is 20.3 Å². The Morgan fingerprint density at radius 2 is 0.685 bits per heavy atom. The number of allylic oxidation sites excluding steroid dienone is 7. The van der Waals surface area contributed by atoms with Crippen LogP contribution in [0.5, 0.6) is 0 Å². The number of carbonyl (C=O) groups excluding carboxylic acids is 2. The third-order valence-electron chi connectivity index (χ3n) is 14.8. The summed E-state index contributed by atoms with van der Waals surface area (Å²) in [6, 6.07) is -0.637. The van der Waals surface area contributed by atoms with Gasteiger partial charge in [-0.25, -0.2) is 0 Å². The molecule has 6 heteroatoms. The van der Waals surface area contributed by atoms with E-state index in [4.69, 9.17) is 4.74 Å². The number of carbonyl (C=O) groups is 2. The minimum Gasteiger partial charge on any atom is -0.466 e. The molecule has 0 saturated heterocycles. The van der Waals surface area contributed by atoms with Gasteiger partial charge in [-0.15, -0.1) is 0 Å². The number of aliphatic hydroxyl groups is 2. The number of nitrogens with one attached hydrogen (secondary N) is 1. The molecule has 0 spiro atoms. The van der Waals surface area contributed by atoms with Crippen molar-refractivity contribution < 1.29 is 24.5 Å². The zero-order valence-electron chi connectivity index (χ0n) is 48.9. The van der Waals surface area contributed by atoms with Crippen LogP contribution in [-0.4, -0.2) is 47.4 Å². The molecule has 73 heavy (non-hydrogen) atoms. The van der Waals surface area contributed by atoms with E-state index in [1.807, 2.05) is 6.08 Å². The van der Waals surface area contributed by atoms with Crippen LogP contribution in [-0.2, 0) is 14.3 Å². The van der Waals surface area contributed by atoms with Gasteiger partial charge >= 0.3 is 5.97 Å². The van der Waals surface area contributed by atoms with Crippen LogP contribution in [0.1, 0.15) is 341 Å². The highest BCUT2D eigenvalue weighted by atomic mass is 16.5. The Bertz CT molecular complexity index is 1230. The molecule has 0 aliphatic rings. The predicted molar refractivity (Wildman–Crippen MR) is 319 cm³/mol. The number of amides is 1. The van der Waals surface area contributed by atoms with Crippen molar-refractivity contribution in [2.75, 3.05) is 13.2 Å². The molecule has 0 aromatic carbocycles. The lowest BCUT2D eigenvalue weighted by molar-refractivity contribution is -0.143. The van der Waals surface area contributed by atoms with Gasteiger partial charge in [-0.2, -0.15) is 0 Å². The minimum atomic E-state index is -0.853. The first kappa shape index (κ1) is 70.8. The third-order valence-corrected chi connectivity index (χ3v) is 14.8. The summed E-state index contributed by atoms with van der Waals surface area (Å²) in [5, 5.41) is 23.2. The predicted octanol–water partition coefficient (Wildman–Crippen LogP) is 20.5. The first-order valence-electron chi connectivity index (χ1n) is 32.4. The van der Waals surface area contributed by atoms with E-state index in [1.54, 1.807) is 6.08 Å². The molecule has 0 rings (SSSR count). The molecular weight excluding hydrogens is 899 g/mol. The largest absolute Gasteiger partial charge is 0.466 e. The van der Waals surface area contributed by atoms with Gasteiger partial charge in [-0.1, -0.05) is 287 Å². The van der Waals surface area contributed by atoms with Crippen molar-refractivity contribution in [3.05, 3.63) is 48.6 Å². The molecule has 0 bridgehead atoms. The number of unbranched alkanes of at least 4 members (excludes halogenated alkanes) is 44. The number of rotatable bonds is 60. The molecule has 1 amide bonds. The van der Waals surface area contributed by atoms with E-state index in [2.05, 4.69) is 55.6 Å². The second-order valence-electron chi connectivity index (χ2n) is 22.1. The van der Waals surface area contributed by atoms with E-state index in [0.29, 0.717) is 19.4 Å². The highest BCUT2D eigenvalue weighted by Crippen LogP contribution is 2.17. The maximum Gasteiger partial charge on any atom is 0.305 e. The standard InChI is InChI=1S/C67H125NO5/c1-3-5-7-9-11-13-15-17-19-21-22-24-28-31-35-39-43-47-51-55-59-65(70)64(63-69)68-66(71)60-56-52-48-44-40-36-32-29-25-23-26-30-34-38-42-46-50-54-58-62-73-67(72)61-57-53-49-45-41-37-33-27-20-18-16-14-12-10-8-6-4-2/h18,20,30,34,38,42,55,59,64-65,69-70H,3-17,19,21-29,31-33,35-37,39-41,43-54,56-58,60-63H2,1-2H3,(H,68,71)/b20-18-,34-30-,42-38-,59-55+. The fourth-order valence-electron chi connectivity index (χ4n) is 9.86. The highest BCUT2D eigenvalue weighted by Gasteiger charge is 2.18. The van der Waals surface area contributed by atoms with E-state index in [9.17, 15) is 19.8 Å². The van der Waals surface area contributed by atoms with Gasteiger partial charge in [0.1, 0.15) is 0 Å². The van der Waals surface area contributed by atoms with Crippen molar-refractivity contribution in [2.24, 2.45) is 0 Å². The molecule has 0 aliphatic heterocycles. The Kier molecular flexibility index (Phi) is 60.5. The van der Waals surface area contributed by atoms with Gasteiger partial charge in [0.15, 0.2) is 0 Å². The summed E-state index contributed by atoms with van der Waals surface area (Å²) in [6.45, 7) is 4.88. The SMILES string of the molecule is CCCCCCCC/C=C\CCCCCCCCCC(=O)OCCCCC/C=C\C=C/CCCCCCCCCCCCC(=O)NC(CO)C(O)/C=C/CCCCCCCCCCCCCCCCCCCC. The van der Waals surface area contributed by atoms with Crippen molar-refractivity contribution >= 4 is 11.9 Å². The van der Waals surface area contributed by atoms with Crippen molar-refractivity contribution in [3.8, 4) is 0 Å². The summed E-state index contributed by atoms with van der Waals surface area (Å²) in [6.07, 6.45) is 80.1. The number of hydrogen-bond donors (Lipinski definition) is 3. The molecule has 2 atom stereocenters. The molecule has 3 N–H and O–H groups in total. The Labute approximate surface area is 455 Å². The van der Waals surface area contributed by atoms with Crippen molar-refractivity contribution in [1.29, 1.82) is 0 Å². The summed E-state index contributed by atoms with van der Waals surface area (Å²) in [4.78, 5) is 24.6. The number of hydrogen-bond acceptors (Lipinski definition) is 5. The molecule has 0 aromatic rings. The van der Waals surface area contributed by atoms with Crippen molar-refractivity contribution in [3.63, 3.8) is 0 Å². The summed E-state index contributed by atoms with van der Waals surface area (Å²) in [7, 11) is 0. The maximum atomic E-state index is 12.5. The van der Waals surface area contributed by atoms with Gasteiger partial charge in [0.2, 0.25) is 5.91 Å². The Balaban J connectivity index is 3.50. The summed E-state index contributed by atoms with van der Waals surface area (Å²) in [5.74, 6) is -0.0933. The highest BCUT2D eigenvalue weighted by molar-refractivity contribution is 5.76. The van der Waals surface area contributed by atoms with Crippen LogP contribution in [0.2, 0.25) is 0 Å². The van der Waals surface area contributed by atoms with Gasteiger partial charge in [0.25, 0.3) is 0 Å². The van der Waals surface area contributed by atoms with E-state index in [-0.39, 0.29) is 18.5 Å². The lowest BCUT2D eigenvalue weighted by atomic mass is 10.0. The molecule has 0 aliphatic carbocycles. The fourth-order valence-corrected chi connectivity index (χ4v) is 9.86. The molecule has 0 heterocycles. The zero-order chi connectivity index (χ0) is 52.9. The van der Waals surface area contributed by atoms with Crippen molar-refractivity contribution in [2.45, 2.75) is 353 Å². The van der Waals surface area contributed by atoms with Crippen LogP contribution in [0.25, 0.3) is 0 Å². The quantitative estimate of drug-likeness (QED) is 0.0244. The topological polar surface area (TPSA) is 95.9 Å².